The molecular formula is C14H22N2O3. The Morgan fingerprint density at radius 2 is 2.00 bits per heavy atom. The Morgan fingerprint density at radius 1 is 1.32 bits per heavy atom. The van der Waals surface area contributed by atoms with E-state index in [1.165, 1.54) is 0 Å². The van der Waals surface area contributed by atoms with Gasteiger partial charge in [0.25, 0.3) is 0 Å². The van der Waals surface area contributed by atoms with Gasteiger partial charge in [0.05, 0.1) is 6.61 Å². The average molecular weight is 266 g/mol. The summed E-state index contributed by atoms with van der Waals surface area (Å²) >= 11 is 0. The smallest absolute Gasteiger partial charge is 0.246 e. The number of rotatable bonds is 4. The van der Waals surface area contributed by atoms with E-state index < -0.39 is 5.54 Å². The number of ether oxygens (including phenoxy) is 1. The summed E-state index contributed by atoms with van der Waals surface area (Å²) < 4.78 is 5.12. The van der Waals surface area contributed by atoms with Crippen molar-refractivity contribution in [3.8, 4) is 0 Å². The van der Waals surface area contributed by atoms with Gasteiger partial charge in [0, 0.05) is 13.7 Å². The van der Waals surface area contributed by atoms with Gasteiger partial charge in [0.1, 0.15) is 11.6 Å². The van der Waals surface area contributed by atoms with Crippen molar-refractivity contribution in [3.05, 3.63) is 0 Å². The number of nitrogens with zero attached hydrogens (tertiary/aromatic N) is 1. The summed E-state index contributed by atoms with van der Waals surface area (Å²) in [5, 5.41) is 3.00. The van der Waals surface area contributed by atoms with Crippen molar-refractivity contribution in [1.29, 1.82) is 0 Å². The lowest BCUT2D eigenvalue weighted by Crippen LogP contribution is -2.70. The number of piperazine rings is 1. The molecule has 3 rings (SSSR count). The fourth-order valence-corrected chi connectivity index (χ4v) is 3.55. The van der Waals surface area contributed by atoms with Crippen molar-refractivity contribution < 1.29 is 14.3 Å². The van der Waals surface area contributed by atoms with Gasteiger partial charge in [-0.05, 0) is 31.6 Å². The Labute approximate surface area is 113 Å². The average Bonchev–Trinajstić information content (AvgIpc) is 3.13. The molecule has 2 aliphatic carbocycles. The highest BCUT2D eigenvalue weighted by atomic mass is 16.5. The lowest BCUT2D eigenvalue weighted by molar-refractivity contribution is -0.158. The molecule has 2 saturated carbocycles. The van der Waals surface area contributed by atoms with Crippen LogP contribution in [0.15, 0.2) is 0 Å². The molecule has 2 amide bonds. The normalized spacial score (nSPS) is 29.9. The number of hydrogen-bond donors (Lipinski definition) is 1. The molecule has 1 heterocycles. The van der Waals surface area contributed by atoms with E-state index in [2.05, 4.69) is 5.32 Å². The van der Waals surface area contributed by atoms with Crippen LogP contribution in [-0.2, 0) is 14.3 Å². The number of nitrogens with one attached hydrogen (secondary N) is 1. The largest absolute Gasteiger partial charge is 0.383 e. The molecular weight excluding hydrogens is 244 g/mol. The number of hydrogen-bond acceptors (Lipinski definition) is 3. The van der Waals surface area contributed by atoms with Crippen molar-refractivity contribution in [1.82, 2.24) is 10.2 Å². The van der Waals surface area contributed by atoms with Gasteiger partial charge in [-0.15, -0.1) is 0 Å². The Bertz CT molecular complexity index is 386. The van der Waals surface area contributed by atoms with Gasteiger partial charge in [-0.3, -0.25) is 9.59 Å². The molecule has 5 nitrogen and oxygen atoms in total. The van der Waals surface area contributed by atoms with Gasteiger partial charge in [0.2, 0.25) is 11.8 Å². The van der Waals surface area contributed by atoms with Crippen LogP contribution in [0.2, 0.25) is 0 Å². The third-order valence-electron chi connectivity index (χ3n) is 4.80. The van der Waals surface area contributed by atoms with E-state index in [-0.39, 0.29) is 17.9 Å². The van der Waals surface area contributed by atoms with Crippen molar-refractivity contribution in [2.24, 2.45) is 5.92 Å². The molecule has 19 heavy (non-hydrogen) atoms. The van der Waals surface area contributed by atoms with Gasteiger partial charge in [0.15, 0.2) is 0 Å². The van der Waals surface area contributed by atoms with Gasteiger partial charge < -0.3 is 15.0 Å². The molecule has 1 spiro atoms. The fraction of sp³-hybridized carbons (Fsp3) is 0.857. The minimum absolute atomic E-state index is 0.0672. The van der Waals surface area contributed by atoms with E-state index >= 15 is 0 Å². The van der Waals surface area contributed by atoms with Gasteiger partial charge >= 0.3 is 0 Å². The quantitative estimate of drug-likeness (QED) is 0.814. The van der Waals surface area contributed by atoms with E-state index in [1.54, 1.807) is 7.11 Å². The lowest BCUT2D eigenvalue weighted by Gasteiger charge is -2.46. The van der Waals surface area contributed by atoms with E-state index in [0.29, 0.717) is 19.1 Å². The molecule has 5 heteroatoms. The zero-order valence-corrected chi connectivity index (χ0v) is 11.5. The Hall–Kier alpha value is -1.10. The van der Waals surface area contributed by atoms with Gasteiger partial charge in [-0.2, -0.15) is 0 Å². The summed E-state index contributed by atoms with van der Waals surface area (Å²) in [6, 6.07) is -0.282. The molecule has 1 atom stereocenters. The molecule has 0 aromatic carbocycles. The maximum Gasteiger partial charge on any atom is 0.246 e. The summed E-state index contributed by atoms with van der Waals surface area (Å²) in [6.07, 6.45) is 5.76. The lowest BCUT2D eigenvalue weighted by atomic mass is 9.88. The van der Waals surface area contributed by atoms with Crippen molar-refractivity contribution in [3.63, 3.8) is 0 Å². The minimum atomic E-state index is -0.582. The number of amides is 2. The van der Waals surface area contributed by atoms with Crippen LogP contribution in [0.5, 0.6) is 0 Å². The molecule has 0 aromatic rings. The van der Waals surface area contributed by atoms with Crippen LogP contribution in [0.1, 0.15) is 38.5 Å². The summed E-state index contributed by atoms with van der Waals surface area (Å²) in [7, 11) is 1.63. The first-order chi connectivity index (χ1) is 9.19. The molecule has 0 radical (unpaired) electrons. The minimum Gasteiger partial charge on any atom is -0.383 e. The number of methoxy groups -OCH3 is 1. The van der Waals surface area contributed by atoms with E-state index in [1.807, 2.05) is 4.90 Å². The predicted molar refractivity (Wildman–Crippen MR) is 69.4 cm³/mol. The zero-order chi connectivity index (χ0) is 13.5. The highest BCUT2D eigenvalue weighted by molar-refractivity contribution is 6.00. The third kappa shape index (κ3) is 2.04. The Balaban J connectivity index is 1.85. The summed E-state index contributed by atoms with van der Waals surface area (Å²) in [4.78, 5) is 27.0. The SMILES string of the molecule is COCCN1C(=O)C(C2CC2)NC(=O)C12CCCC2. The molecule has 1 unspecified atom stereocenters. The molecule has 3 fully saturated rings. The second-order valence-electron chi connectivity index (χ2n) is 6.01. The van der Waals surface area contributed by atoms with E-state index in [4.69, 9.17) is 4.74 Å². The molecule has 3 aliphatic rings. The van der Waals surface area contributed by atoms with Crippen molar-refractivity contribution in [2.75, 3.05) is 20.3 Å². The summed E-state index contributed by atoms with van der Waals surface area (Å²) in [6.45, 7) is 1.03. The van der Waals surface area contributed by atoms with Crippen LogP contribution in [0, 0.1) is 5.92 Å². The Kier molecular flexibility index (Phi) is 3.25. The maximum atomic E-state index is 12.7. The predicted octanol–water partition coefficient (Wildman–Crippen LogP) is 0.683. The van der Waals surface area contributed by atoms with Gasteiger partial charge in [-0.25, -0.2) is 0 Å². The van der Waals surface area contributed by atoms with Gasteiger partial charge in [-0.1, -0.05) is 12.8 Å². The van der Waals surface area contributed by atoms with Crippen LogP contribution in [0.3, 0.4) is 0 Å². The first-order valence-corrected chi connectivity index (χ1v) is 7.30. The first-order valence-electron chi connectivity index (χ1n) is 7.30. The Morgan fingerprint density at radius 3 is 2.58 bits per heavy atom. The van der Waals surface area contributed by atoms with Crippen LogP contribution in [0.25, 0.3) is 0 Å². The standard InChI is InChI=1S/C14H22N2O3/c1-19-9-8-16-12(17)11(10-4-5-10)15-13(18)14(16)6-2-3-7-14/h10-11H,2-9H2,1H3,(H,15,18). The van der Waals surface area contributed by atoms with Crippen molar-refractivity contribution in [2.45, 2.75) is 50.1 Å². The summed E-state index contributed by atoms with van der Waals surface area (Å²) in [5.74, 6) is 0.541. The zero-order valence-electron chi connectivity index (χ0n) is 11.5. The molecule has 1 saturated heterocycles. The van der Waals surface area contributed by atoms with Crippen LogP contribution < -0.4 is 5.32 Å². The highest BCUT2D eigenvalue weighted by Crippen LogP contribution is 2.42. The highest BCUT2D eigenvalue weighted by Gasteiger charge is 2.55. The van der Waals surface area contributed by atoms with Crippen LogP contribution >= 0.6 is 0 Å². The fourth-order valence-electron chi connectivity index (χ4n) is 3.55. The maximum absolute atomic E-state index is 12.7. The topological polar surface area (TPSA) is 58.6 Å². The molecule has 106 valence electrons. The number of carbonyl (C=O) groups is 2. The second-order valence-corrected chi connectivity index (χ2v) is 6.01. The first kappa shape index (κ1) is 12.9. The molecule has 1 aliphatic heterocycles. The monoisotopic (exact) mass is 266 g/mol. The molecule has 1 N–H and O–H groups in total. The number of carbonyl (C=O) groups excluding carboxylic acids is 2. The summed E-state index contributed by atoms with van der Waals surface area (Å²) in [5.41, 5.74) is -0.582. The van der Waals surface area contributed by atoms with Crippen LogP contribution in [0.4, 0.5) is 0 Å². The third-order valence-corrected chi connectivity index (χ3v) is 4.80. The molecule has 0 bridgehead atoms. The van der Waals surface area contributed by atoms with E-state index in [0.717, 1.165) is 38.5 Å². The molecule has 0 aromatic heterocycles. The second kappa shape index (κ2) is 4.78. The van der Waals surface area contributed by atoms with E-state index in [9.17, 15) is 9.59 Å². The van der Waals surface area contributed by atoms with Crippen molar-refractivity contribution >= 4 is 11.8 Å². The van der Waals surface area contributed by atoms with Crippen LogP contribution in [-0.4, -0.2) is 48.6 Å².